The van der Waals surface area contributed by atoms with Gasteiger partial charge in [0, 0.05) is 54.8 Å². The number of benzene rings is 1. The van der Waals surface area contributed by atoms with Crippen molar-refractivity contribution in [2.75, 3.05) is 19.7 Å². The zero-order valence-electron chi connectivity index (χ0n) is 33.0. The molecule has 300 valence electrons. The van der Waals surface area contributed by atoms with Gasteiger partial charge in [0.1, 0.15) is 24.2 Å². The Bertz CT molecular complexity index is 1580. The standard InChI is InChI=1S/C45H69N3O6/c1-3-4-8-31-15-17-35(46)22-33(31)9-5-6-12-44-34(27-49)23-36(54-44)18-13-30-14-20-42(51)45(21-30)53-28-43(52)41-24-38-39(26-47-25-29(2)50)37-11-7-10-32(37)16-19-40(38)48-41/h14,20-21,23-24,29,31-33,35,37,39,43,47-52H,3-13,15-19,22,25-28,46H2,1-2H3. The van der Waals surface area contributed by atoms with Gasteiger partial charge in [0.25, 0.3) is 0 Å². The summed E-state index contributed by atoms with van der Waals surface area (Å²) in [5.74, 6) is 5.39. The molecule has 8 unspecified atom stereocenters. The smallest absolute Gasteiger partial charge is 0.161 e. The Labute approximate surface area is 323 Å². The average Bonchev–Trinajstić information content (AvgIpc) is 3.90. The van der Waals surface area contributed by atoms with E-state index in [1.807, 2.05) is 25.1 Å². The number of furan rings is 1. The van der Waals surface area contributed by atoms with Crippen LogP contribution < -0.4 is 15.8 Å². The number of hydrogen-bond donors (Lipinski definition) is 7. The van der Waals surface area contributed by atoms with Gasteiger partial charge in [-0.25, -0.2) is 0 Å². The Morgan fingerprint density at radius 2 is 1.83 bits per heavy atom. The van der Waals surface area contributed by atoms with Crippen LogP contribution in [0.15, 0.2) is 34.7 Å². The van der Waals surface area contributed by atoms with Crippen molar-refractivity contribution in [3.05, 3.63) is 69.9 Å². The van der Waals surface area contributed by atoms with E-state index in [0.29, 0.717) is 43.0 Å². The molecule has 8 atom stereocenters. The molecular formula is C45H69N3O6. The van der Waals surface area contributed by atoms with E-state index in [-0.39, 0.29) is 25.1 Å². The monoisotopic (exact) mass is 748 g/mol. The first-order valence-corrected chi connectivity index (χ1v) is 21.4. The van der Waals surface area contributed by atoms with E-state index in [1.54, 1.807) is 6.07 Å². The van der Waals surface area contributed by atoms with Crippen molar-refractivity contribution in [1.82, 2.24) is 10.3 Å². The van der Waals surface area contributed by atoms with Gasteiger partial charge in [-0.2, -0.15) is 0 Å². The van der Waals surface area contributed by atoms with Crippen LogP contribution >= 0.6 is 0 Å². The summed E-state index contributed by atoms with van der Waals surface area (Å²) in [6.45, 7) is 5.47. The zero-order chi connectivity index (χ0) is 38.0. The number of aliphatic hydroxyl groups is 3. The van der Waals surface area contributed by atoms with Gasteiger partial charge in [-0.1, -0.05) is 57.9 Å². The number of phenols is 1. The van der Waals surface area contributed by atoms with E-state index >= 15 is 0 Å². The molecule has 2 aromatic heterocycles. The molecule has 3 aliphatic carbocycles. The van der Waals surface area contributed by atoms with Crippen molar-refractivity contribution in [3.63, 3.8) is 0 Å². The van der Waals surface area contributed by atoms with Gasteiger partial charge in [0.15, 0.2) is 11.5 Å². The van der Waals surface area contributed by atoms with Gasteiger partial charge in [-0.05, 0) is 117 Å². The largest absolute Gasteiger partial charge is 0.504 e. The lowest BCUT2D eigenvalue weighted by atomic mass is 9.73. The van der Waals surface area contributed by atoms with E-state index in [9.17, 15) is 20.4 Å². The normalized spacial score (nSPS) is 25.2. The number of aromatic amines is 1. The van der Waals surface area contributed by atoms with Crippen molar-refractivity contribution in [3.8, 4) is 11.5 Å². The SMILES string of the molecule is CCCCC1CCC(N)CC1CCCCc1oc(CCc2ccc(O)c(OCC(O)c3cc4c([nH]3)CCC3CCCC3C4CNCC(C)O)c2)cc1CO. The average molecular weight is 748 g/mol. The number of nitrogens with one attached hydrogen (secondary N) is 2. The van der Waals surface area contributed by atoms with Gasteiger partial charge < -0.3 is 45.6 Å². The Morgan fingerprint density at radius 3 is 2.65 bits per heavy atom. The summed E-state index contributed by atoms with van der Waals surface area (Å²) < 4.78 is 12.3. The van der Waals surface area contributed by atoms with Crippen molar-refractivity contribution in [2.24, 2.45) is 29.4 Å². The Kier molecular flexibility index (Phi) is 15.0. The second-order valence-electron chi connectivity index (χ2n) is 17.1. The summed E-state index contributed by atoms with van der Waals surface area (Å²) in [6.07, 6.45) is 17.8. The van der Waals surface area contributed by atoms with Crippen LogP contribution in [0, 0.1) is 23.7 Å². The van der Waals surface area contributed by atoms with Crippen LogP contribution in [0.4, 0.5) is 0 Å². The van der Waals surface area contributed by atoms with Gasteiger partial charge in [0.2, 0.25) is 0 Å². The lowest BCUT2D eigenvalue weighted by Gasteiger charge is -2.35. The third kappa shape index (κ3) is 10.7. The molecule has 9 heteroatoms. The third-order valence-corrected chi connectivity index (χ3v) is 13.1. The van der Waals surface area contributed by atoms with Gasteiger partial charge in [-0.3, -0.25) is 0 Å². The summed E-state index contributed by atoms with van der Waals surface area (Å²) in [5, 5.41) is 45.3. The van der Waals surface area contributed by atoms with E-state index in [0.717, 1.165) is 91.2 Å². The maximum Gasteiger partial charge on any atom is 0.161 e. The van der Waals surface area contributed by atoms with Crippen molar-refractivity contribution in [2.45, 2.75) is 154 Å². The second-order valence-corrected chi connectivity index (χ2v) is 17.1. The molecule has 2 fully saturated rings. The number of rotatable bonds is 20. The molecule has 0 amide bonds. The van der Waals surface area contributed by atoms with E-state index < -0.39 is 6.10 Å². The van der Waals surface area contributed by atoms with Crippen LogP contribution in [0.2, 0.25) is 0 Å². The Balaban J connectivity index is 1.00. The first-order chi connectivity index (χ1) is 26.2. The van der Waals surface area contributed by atoms with Crippen LogP contribution in [0.1, 0.15) is 149 Å². The molecule has 2 saturated carbocycles. The molecule has 2 heterocycles. The predicted molar refractivity (Wildman–Crippen MR) is 214 cm³/mol. The fourth-order valence-electron chi connectivity index (χ4n) is 10.1. The van der Waals surface area contributed by atoms with Crippen LogP contribution in [0.3, 0.4) is 0 Å². The quantitative estimate of drug-likeness (QED) is 0.0578. The number of aromatic hydroxyl groups is 1. The maximum atomic E-state index is 11.3. The van der Waals surface area contributed by atoms with Gasteiger partial charge in [0.05, 0.1) is 12.7 Å². The van der Waals surface area contributed by atoms with Crippen LogP contribution in [0.25, 0.3) is 0 Å². The highest BCUT2D eigenvalue weighted by Gasteiger charge is 2.38. The number of aryl methyl sites for hydroxylation is 4. The van der Waals surface area contributed by atoms with Crippen molar-refractivity contribution >= 4 is 0 Å². The zero-order valence-corrected chi connectivity index (χ0v) is 33.0. The number of hydrogen-bond acceptors (Lipinski definition) is 8. The molecule has 0 saturated heterocycles. The maximum absolute atomic E-state index is 11.3. The van der Waals surface area contributed by atoms with E-state index in [1.165, 1.54) is 69.0 Å². The molecule has 3 aliphatic rings. The van der Waals surface area contributed by atoms with E-state index in [4.69, 9.17) is 14.9 Å². The Morgan fingerprint density at radius 1 is 0.981 bits per heavy atom. The molecule has 54 heavy (non-hydrogen) atoms. The fourth-order valence-corrected chi connectivity index (χ4v) is 10.1. The molecule has 9 nitrogen and oxygen atoms in total. The number of ether oxygens (including phenoxy) is 1. The molecule has 0 radical (unpaired) electrons. The van der Waals surface area contributed by atoms with Gasteiger partial charge >= 0.3 is 0 Å². The molecule has 0 aliphatic heterocycles. The Hall–Kier alpha value is -2.82. The second kappa shape index (κ2) is 19.9. The molecule has 1 aromatic carbocycles. The number of aliphatic hydroxyl groups excluding tert-OH is 3. The minimum atomic E-state index is -0.869. The highest BCUT2D eigenvalue weighted by molar-refractivity contribution is 5.42. The van der Waals surface area contributed by atoms with Crippen molar-refractivity contribution in [1.29, 1.82) is 0 Å². The molecule has 3 aromatic rings. The molecule has 0 bridgehead atoms. The van der Waals surface area contributed by atoms with Gasteiger partial charge in [-0.15, -0.1) is 0 Å². The summed E-state index contributed by atoms with van der Waals surface area (Å²) in [5.41, 5.74) is 11.5. The minimum Gasteiger partial charge on any atom is -0.504 e. The summed E-state index contributed by atoms with van der Waals surface area (Å²) >= 11 is 0. The number of unbranched alkanes of at least 4 members (excludes halogenated alkanes) is 2. The fraction of sp³-hybridized carbons (Fsp3) is 0.689. The first kappa shape index (κ1) is 40.8. The molecule has 0 spiro atoms. The molecule has 8 N–H and O–H groups in total. The number of fused-ring (bicyclic) bond motifs is 2. The molecule has 6 rings (SSSR count). The number of phenolic OH excluding ortho intramolecular Hbond substituents is 1. The van der Waals surface area contributed by atoms with Crippen LogP contribution in [0.5, 0.6) is 11.5 Å². The first-order valence-electron chi connectivity index (χ1n) is 21.4. The third-order valence-electron chi connectivity index (χ3n) is 13.1. The van der Waals surface area contributed by atoms with Crippen LogP contribution in [-0.4, -0.2) is 57.3 Å². The minimum absolute atomic E-state index is 0.0156. The van der Waals surface area contributed by atoms with Crippen LogP contribution in [-0.2, 0) is 32.3 Å². The lowest BCUT2D eigenvalue weighted by Crippen LogP contribution is -2.33. The molecular weight excluding hydrogens is 679 g/mol. The number of aromatic nitrogens is 1. The summed E-state index contributed by atoms with van der Waals surface area (Å²) in [4.78, 5) is 3.54. The number of nitrogens with two attached hydrogens (primary N) is 1. The summed E-state index contributed by atoms with van der Waals surface area (Å²) in [6, 6.07) is 9.86. The predicted octanol–water partition coefficient (Wildman–Crippen LogP) is 7.77. The summed E-state index contributed by atoms with van der Waals surface area (Å²) in [7, 11) is 0. The topological polar surface area (TPSA) is 157 Å². The highest BCUT2D eigenvalue weighted by Crippen LogP contribution is 2.47. The van der Waals surface area contributed by atoms with Crippen molar-refractivity contribution < 1.29 is 29.6 Å². The highest BCUT2D eigenvalue weighted by atomic mass is 16.5. The van der Waals surface area contributed by atoms with E-state index in [2.05, 4.69) is 23.3 Å². The number of H-pyrrole nitrogens is 1. The lowest BCUT2D eigenvalue weighted by molar-refractivity contribution is 0.103.